The van der Waals surface area contributed by atoms with E-state index < -0.39 is 0 Å². The zero-order valence-electron chi connectivity index (χ0n) is 11.5. The Morgan fingerprint density at radius 1 is 1.30 bits per heavy atom. The monoisotopic (exact) mass is 285 g/mol. The number of rotatable bonds is 3. The Morgan fingerprint density at radius 3 is 2.90 bits per heavy atom. The average molecular weight is 286 g/mol. The van der Waals surface area contributed by atoms with Crippen LogP contribution in [0, 0.1) is 6.92 Å². The lowest BCUT2D eigenvalue weighted by molar-refractivity contribution is 0.742. The number of aryl methyl sites for hydroxylation is 1. The van der Waals surface area contributed by atoms with Crippen LogP contribution in [0.15, 0.2) is 42.7 Å². The van der Waals surface area contributed by atoms with Gasteiger partial charge in [-0.25, -0.2) is 4.98 Å². The van der Waals surface area contributed by atoms with Gasteiger partial charge in [-0.05, 0) is 25.5 Å². The van der Waals surface area contributed by atoms with Gasteiger partial charge in [0.1, 0.15) is 11.3 Å². The first kappa shape index (κ1) is 13.1. The van der Waals surface area contributed by atoms with E-state index in [9.17, 15) is 0 Å². The first-order valence-corrected chi connectivity index (χ1v) is 7.08. The summed E-state index contributed by atoms with van der Waals surface area (Å²) in [6.07, 6.45) is 3.57. The fourth-order valence-electron chi connectivity index (χ4n) is 2.46. The van der Waals surface area contributed by atoms with Gasteiger partial charge in [0.15, 0.2) is 0 Å². The van der Waals surface area contributed by atoms with E-state index in [-0.39, 0.29) is 5.38 Å². The Labute approximate surface area is 123 Å². The quantitative estimate of drug-likeness (QED) is 0.679. The van der Waals surface area contributed by atoms with E-state index in [2.05, 4.69) is 45.7 Å². The highest BCUT2D eigenvalue weighted by Crippen LogP contribution is 2.25. The van der Waals surface area contributed by atoms with Crippen LogP contribution in [0.4, 0.5) is 0 Å². The van der Waals surface area contributed by atoms with Crippen molar-refractivity contribution in [1.29, 1.82) is 0 Å². The summed E-state index contributed by atoms with van der Waals surface area (Å²) in [4.78, 5) is 8.73. The minimum Gasteiger partial charge on any atom is -0.322 e. The molecule has 0 saturated heterocycles. The van der Waals surface area contributed by atoms with Gasteiger partial charge in [0.05, 0.1) is 17.1 Å². The van der Waals surface area contributed by atoms with Gasteiger partial charge >= 0.3 is 0 Å². The molecule has 0 spiro atoms. The molecule has 102 valence electrons. The maximum Gasteiger partial charge on any atom is 0.128 e. The lowest BCUT2D eigenvalue weighted by Gasteiger charge is -2.11. The number of nitrogens with zero attached hydrogens (tertiary/aromatic N) is 3. The third-order valence-electron chi connectivity index (χ3n) is 3.36. The molecule has 20 heavy (non-hydrogen) atoms. The van der Waals surface area contributed by atoms with E-state index in [1.165, 1.54) is 11.1 Å². The highest BCUT2D eigenvalue weighted by molar-refractivity contribution is 6.20. The smallest absolute Gasteiger partial charge is 0.128 e. The maximum atomic E-state index is 6.27. The number of fused-ring (bicyclic) bond motifs is 1. The molecule has 0 bridgehead atoms. The molecule has 1 atom stereocenters. The predicted molar refractivity (Wildman–Crippen MR) is 82.1 cm³/mol. The second kappa shape index (κ2) is 5.25. The van der Waals surface area contributed by atoms with E-state index in [1.807, 2.05) is 13.0 Å². The molecule has 0 saturated carbocycles. The van der Waals surface area contributed by atoms with Crippen LogP contribution in [0.25, 0.3) is 11.0 Å². The number of halogens is 1. The molecular formula is C16H16ClN3. The SMILES string of the molecule is Cc1cccc(Cn2c(C(C)Cl)nc3cnccc32)c1. The molecule has 0 N–H and O–H groups in total. The maximum absolute atomic E-state index is 6.27. The van der Waals surface area contributed by atoms with Gasteiger partial charge in [-0.2, -0.15) is 0 Å². The van der Waals surface area contributed by atoms with Crippen LogP contribution in [0.1, 0.15) is 29.3 Å². The van der Waals surface area contributed by atoms with Crippen molar-refractivity contribution in [3.8, 4) is 0 Å². The largest absolute Gasteiger partial charge is 0.322 e. The van der Waals surface area contributed by atoms with Gasteiger partial charge in [0.2, 0.25) is 0 Å². The number of imidazole rings is 1. The Kier molecular flexibility index (Phi) is 3.45. The molecule has 3 rings (SSSR count). The fourth-order valence-corrected chi connectivity index (χ4v) is 2.63. The normalized spacial score (nSPS) is 12.8. The molecule has 0 aliphatic heterocycles. The second-order valence-corrected chi connectivity index (χ2v) is 5.68. The molecule has 0 aliphatic rings. The molecule has 0 radical (unpaired) electrons. The first-order chi connectivity index (χ1) is 9.65. The third kappa shape index (κ3) is 2.41. The van der Waals surface area contributed by atoms with Crippen LogP contribution in [0.2, 0.25) is 0 Å². The summed E-state index contributed by atoms with van der Waals surface area (Å²) in [5.74, 6) is 0.885. The van der Waals surface area contributed by atoms with Gasteiger partial charge < -0.3 is 4.57 Å². The molecule has 2 heterocycles. The summed E-state index contributed by atoms with van der Waals surface area (Å²) in [6.45, 7) is 4.82. The van der Waals surface area contributed by atoms with Crippen molar-refractivity contribution in [2.24, 2.45) is 0 Å². The molecular weight excluding hydrogens is 270 g/mol. The summed E-state index contributed by atoms with van der Waals surface area (Å²) in [7, 11) is 0. The van der Waals surface area contributed by atoms with Gasteiger partial charge in [0, 0.05) is 12.7 Å². The lowest BCUT2D eigenvalue weighted by atomic mass is 10.1. The van der Waals surface area contributed by atoms with Gasteiger partial charge in [0.25, 0.3) is 0 Å². The van der Waals surface area contributed by atoms with Crippen molar-refractivity contribution >= 4 is 22.6 Å². The molecule has 0 aliphatic carbocycles. The van der Waals surface area contributed by atoms with E-state index >= 15 is 0 Å². The van der Waals surface area contributed by atoms with Crippen molar-refractivity contribution in [3.05, 3.63) is 59.7 Å². The van der Waals surface area contributed by atoms with Crippen molar-refractivity contribution in [3.63, 3.8) is 0 Å². The fraction of sp³-hybridized carbons (Fsp3) is 0.250. The van der Waals surface area contributed by atoms with Crippen molar-refractivity contribution in [1.82, 2.24) is 14.5 Å². The molecule has 4 heteroatoms. The van der Waals surface area contributed by atoms with Gasteiger partial charge in [-0.3, -0.25) is 4.98 Å². The van der Waals surface area contributed by atoms with Gasteiger partial charge in [-0.1, -0.05) is 29.8 Å². The summed E-state index contributed by atoms with van der Waals surface area (Å²) in [5.41, 5.74) is 4.47. The van der Waals surface area contributed by atoms with Gasteiger partial charge in [-0.15, -0.1) is 11.6 Å². The minimum atomic E-state index is -0.132. The molecule has 2 aromatic heterocycles. The Morgan fingerprint density at radius 2 is 2.15 bits per heavy atom. The Bertz CT molecular complexity index is 746. The standard InChI is InChI=1S/C16H16ClN3/c1-11-4-3-5-13(8-11)10-20-15-6-7-18-9-14(15)19-16(20)12(2)17/h3-9,12H,10H2,1-2H3. The number of benzene rings is 1. The number of aromatic nitrogens is 3. The molecule has 3 aromatic rings. The lowest BCUT2D eigenvalue weighted by Crippen LogP contribution is -2.05. The van der Waals surface area contributed by atoms with E-state index in [0.717, 1.165) is 23.4 Å². The highest BCUT2D eigenvalue weighted by atomic mass is 35.5. The zero-order chi connectivity index (χ0) is 14.1. The third-order valence-corrected chi connectivity index (χ3v) is 3.55. The molecule has 1 unspecified atom stereocenters. The number of hydrogen-bond acceptors (Lipinski definition) is 2. The zero-order valence-corrected chi connectivity index (χ0v) is 12.3. The molecule has 3 nitrogen and oxygen atoms in total. The van der Waals surface area contributed by atoms with Crippen LogP contribution in [0.5, 0.6) is 0 Å². The van der Waals surface area contributed by atoms with Crippen LogP contribution in [-0.4, -0.2) is 14.5 Å². The summed E-state index contributed by atoms with van der Waals surface area (Å²) in [6, 6.07) is 10.5. The number of hydrogen-bond donors (Lipinski definition) is 0. The van der Waals surface area contributed by atoms with Crippen LogP contribution in [-0.2, 0) is 6.54 Å². The Hall–Kier alpha value is -1.87. The van der Waals surface area contributed by atoms with Crippen LogP contribution >= 0.6 is 11.6 Å². The minimum absolute atomic E-state index is 0.132. The number of alkyl halides is 1. The highest BCUT2D eigenvalue weighted by Gasteiger charge is 2.15. The van der Waals surface area contributed by atoms with Crippen molar-refractivity contribution in [2.45, 2.75) is 25.8 Å². The van der Waals surface area contributed by atoms with E-state index in [0.29, 0.717) is 0 Å². The number of pyridine rings is 1. The van der Waals surface area contributed by atoms with E-state index in [1.54, 1.807) is 12.4 Å². The first-order valence-electron chi connectivity index (χ1n) is 6.65. The van der Waals surface area contributed by atoms with Crippen LogP contribution in [0.3, 0.4) is 0 Å². The van der Waals surface area contributed by atoms with E-state index in [4.69, 9.17) is 11.6 Å². The van der Waals surface area contributed by atoms with Crippen molar-refractivity contribution < 1.29 is 0 Å². The van der Waals surface area contributed by atoms with Crippen LogP contribution < -0.4 is 0 Å². The summed E-state index contributed by atoms with van der Waals surface area (Å²) in [5, 5.41) is -0.132. The topological polar surface area (TPSA) is 30.7 Å². The average Bonchev–Trinajstić information content (AvgIpc) is 2.78. The predicted octanol–water partition coefficient (Wildman–Crippen LogP) is 4.09. The molecule has 0 fully saturated rings. The Balaban J connectivity index is 2.11. The second-order valence-electron chi connectivity index (χ2n) is 5.03. The summed E-state index contributed by atoms with van der Waals surface area (Å²) >= 11 is 6.27. The molecule has 1 aromatic carbocycles. The molecule has 0 amide bonds. The van der Waals surface area contributed by atoms with Crippen molar-refractivity contribution in [2.75, 3.05) is 0 Å². The summed E-state index contributed by atoms with van der Waals surface area (Å²) < 4.78 is 2.17.